The first-order valence-corrected chi connectivity index (χ1v) is 8.22. The molecule has 3 N–H and O–H groups in total. The van der Waals surface area contributed by atoms with Gasteiger partial charge in [0.15, 0.2) is 0 Å². The number of halogens is 1. The van der Waals surface area contributed by atoms with Crippen LogP contribution in [0, 0.1) is 28.7 Å². The monoisotopic (exact) mass is 433 g/mol. The molecule has 2 aromatic rings. The van der Waals surface area contributed by atoms with Gasteiger partial charge in [-0.3, -0.25) is 4.79 Å². The van der Waals surface area contributed by atoms with Crippen molar-refractivity contribution in [2.75, 3.05) is 10.6 Å². The lowest BCUT2D eigenvalue weighted by Gasteiger charge is -2.09. The molecule has 2 rings (SSSR count). The van der Waals surface area contributed by atoms with Crippen molar-refractivity contribution in [1.82, 2.24) is 0 Å². The standard InChI is InChI=1S/C18H16IN3O2/c1-11-7-14(19)3-5-16(11)21-10-13(9-20)18(24)22-17-6-4-15(23)8-12(17)2/h3-8,10,21,23H,1-2H3,(H,22,24)/b13-10-. The summed E-state index contributed by atoms with van der Waals surface area (Å²) < 4.78 is 1.11. The molecule has 0 aliphatic rings. The van der Waals surface area contributed by atoms with Crippen molar-refractivity contribution in [3.8, 4) is 11.8 Å². The third kappa shape index (κ3) is 4.49. The zero-order valence-electron chi connectivity index (χ0n) is 13.2. The van der Waals surface area contributed by atoms with Crippen LogP contribution in [-0.4, -0.2) is 11.0 Å². The Kier molecular flexibility index (Phi) is 5.82. The number of nitrogens with one attached hydrogen (secondary N) is 2. The highest BCUT2D eigenvalue weighted by atomic mass is 127. The number of nitriles is 1. The van der Waals surface area contributed by atoms with Gasteiger partial charge in [0.05, 0.1) is 0 Å². The maximum absolute atomic E-state index is 12.2. The van der Waals surface area contributed by atoms with E-state index >= 15 is 0 Å². The molecule has 5 nitrogen and oxygen atoms in total. The van der Waals surface area contributed by atoms with Gasteiger partial charge in [0.2, 0.25) is 0 Å². The molecule has 0 saturated carbocycles. The van der Waals surface area contributed by atoms with Crippen LogP contribution < -0.4 is 10.6 Å². The Morgan fingerprint density at radius 2 is 1.83 bits per heavy atom. The fourth-order valence-electron chi connectivity index (χ4n) is 2.07. The smallest absolute Gasteiger partial charge is 0.267 e. The highest BCUT2D eigenvalue weighted by Gasteiger charge is 2.11. The molecule has 0 aliphatic heterocycles. The van der Waals surface area contributed by atoms with Crippen molar-refractivity contribution in [3.63, 3.8) is 0 Å². The van der Waals surface area contributed by atoms with Gasteiger partial charge in [-0.1, -0.05) is 0 Å². The second-order valence-corrected chi connectivity index (χ2v) is 6.47. The molecule has 1 amide bonds. The van der Waals surface area contributed by atoms with Crippen LogP contribution in [0.5, 0.6) is 5.75 Å². The summed E-state index contributed by atoms with van der Waals surface area (Å²) in [7, 11) is 0. The summed E-state index contributed by atoms with van der Waals surface area (Å²) in [5.41, 5.74) is 3.06. The largest absolute Gasteiger partial charge is 0.508 e. The number of rotatable bonds is 4. The molecular weight excluding hydrogens is 417 g/mol. The Labute approximate surface area is 154 Å². The zero-order chi connectivity index (χ0) is 17.7. The van der Waals surface area contributed by atoms with Crippen LogP contribution in [0.4, 0.5) is 11.4 Å². The van der Waals surface area contributed by atoms with E-state index in [0.717, 1.165) is 14.8 Å². The number of aryl methyl sites for hydroxylation is 2. The lowest BCUT2D eigenvalue weighted by atomic mass is 10.1. The van der Waals surface area contributed by atoms with Crippen molar-refractivity contribution in [2.45, 2.75) is 13.8 Å². The third-order valence-corrected chi connectivity index (χ3v) is 4.05. The Morgan fingerprint density at radius 1 is 1.17 bits per heavy atom. The summed E-state index contributed by atoms with van der Waals surface area (Å²) >= 11 is 2.22. The van der Waals surface area contributed by atoms with E-state index in [-0.39, 0.29) is 11.3 Å². The zero-order valence-corrected chi connectivity index (χ0v) is 15.4. The van der Waals surface area contributed by atoms with Gasteiger partial charge in [-0.2, -0.15) is 5.26 Å². The molecule has 0 bridgehead atoms. The van der Waals surface area contributed by atoms with Crippen LogP contribution in [0.25, 0.3) is 0 Å². The quantitative estimate of drug-likeness (QED) is 0.294. The van der Waals surface area contributed by atoms with Crippen LogP contribution in [0.15, 0.2) is 48.2 Å². The van der Waals surface area contributed by atoms with Crippen molar-refractivity contribution in [3.05, 3.63) is 62.9 Å². The van der Waals surface area contributed by atoms with Gasteiger partial charge in [0, 0.05) is 21.1 Å². The molecule has 0 spiro atoms. The SMILES string of the molecule is Cc1cc(I)ccc1N/C=C(/C#N)C(=O)Nc1ccc(O)cc1C. The Bertz CT molecular complexity index is 854. The Hall–Kier alpha value is -2.53. The number of amides is 1. The number of phenols is 1. The number of benzene rings is 2. The average molecular weight is 433 g/mol. The van der Waals surface area contributed by atoms with Crippen LogP contribution in [-0.2, 0) is 4.79 Å². The molecule has 0 fully saturated rings. The molecule has 0 aliphatic carbocycles. The predicted octanol–water partition coefficient (Wildman–Crippen LogP) is 4.07. The first-order chi connectivity index (χ1) is 11.4. The number of nitrogens with zero attached hydrogens (tertiary/aromatic N) is 1. The van der Waals surface area contributed by atoms with E-state index in [1.807, 2.05) is 31.2 Å². The first kappa shape index (κ1) is 17.8. The number of phenolic OH excluding ortho intramolecular Hbond substituents is 1. The summed E-state index contributed by atoms with van der Waals surface area (Å²) in [5, 5.41) is 24.3. The number of hydrogen-bond acceptors (Lipinski definition) is 4. The number of carbonyl (C=O) groups is 1. The van der Waals surface area contributed by atoms with Crippen molar-refractivity contribution in [1.29, 1.82) is 5.26 Å². The predicted molar refractivity (Wildman–Crippen MR) is 103 cm³/mol. The van der Waals surface area contributed by atoms with E-state index < -0.39 is 5.91 Å². The van der Waals surface area contributed by atoms with E-state index in [1.165, 1.54) is 12.3 Å². The Balaban J connectivity index is 2.15. The topological polar surface area (TPSA) is 85.2 Å². The van der Waals surface area contributed by atoms with Crippen LogP contribution in [0.1, 0.15) is 11.1 Å². The number of anilines is 2. The lowest BCUT2D eigenvalue weighted by molar-refractivity contribution is -0.112. The van der Waals surface area contributed by atoms with Gasteiger partial charge in [0.25, 0.3) is 5.91 Å². The molecule has 122 valence electrons. The maximum atomic E-state index is 12.2. The highest BCUT2D eigenvalue weighted by Crippen LogP contribution is 2.21. The van der Waals surface area contributed by atoms with E-state index in [0.29, 0.717) is 11.3 Å². The number of carbonyl (C=O) groups excluding carboxylic acids is 1. The summed E-state index contributed by atoms with van der Waals surface area (Å²) in [6.07, 6.45) is 1.39. The minimum atomic E-state index is -0.512. The van der Waals surface area contributed by atoms with Gasteiger partial charge in [0.1, 0.15) is 17.4 Å². The van der Waals surface area contributed by atoms with Crippen LogP contribution in [0.2, 0.25) is 0 Å². The summed E-state index contributed by atoms with van der Waals surface area (Å²) in [4.78, 5) is 12.2. The first-order valence-electron chi connectivity index (χ1n) is 7.14. The number of aromatic hydroxyl groups is 1. The lowest BCUT2D eigenvalue weighted by Crippen LogP contribution is -2.15. The fourth-order valence-corrected chi connectivity index (χ4v) is 2.71. The summed E-state index contributed by atoms with van der Waals surface area (Å²) in [5.74, 6) is -0.389. The van der Waals surface area contributed by atoms with Crippen molar-refractivity contribution >= 4 is 39.9 Å². The van der Waals surface area contributed by atoms with Gasteiger partial charge in [-0.25, -0.2) is 0 Å². The van der Waals surface area contributed by atoms with Gasteiger partial charge >= 0.3 is 0 Å². The van der Waals surface area contributed by atoms with Crippen molar-refractivity contribution < 1.29 is 9.90 Å². The molecule has 24 heavy (non-hydrogen) atoms. The molecule has 0 heterocycles. The van der Waals surface area contributed by atoms with E-state index in [4.69, 9.17) is 0 Å². The fraction of sp³-hybridized carbons (Fsp3) is 0.111. The van der Waals surface area contributed by atoms with Crippen molar-refractivity contribution in [2.24, 2.45) is 0 Å². The normalized spacial score (nSPS) is 10.8. The molecule has 0 unspecified atom stereocenters. The molecule has 0 saturated heterocycles. The highest BCUT2D eigenvalue weighted by molar-refractivity contribution is 14.1. The van der Waals surface area contributed by atoms with Crippen LogP contribution in [0.3, 0.4) is 0 Å². The molecule has 6 heteroatoms. The van der Waals surface area contributed by atoms with E-state index in [2.05, 4.69) is 33.2 Å². The summed E-state index contributed by atoms with van der Waals surface area (Å²) in [6.45, 7) is 3.71. The molecule has 0 aromatic heterocycles. The maximum Gasteiger partial charge on any atom is 0.267 e. The van der Waals surface area contributed by atoms with Gasteiger partial charge in [-0.05, 0) is 84.0 Å². The molecular formula is C18H16IN3O2. The summed E-state index contributed by atoms with van der Waals surface area (Å²) in [6, 6.07) is 12.3. The van der Waals surface area contributed by atoms with E-state index in [9.17, 15) is 15.2 Å². The molecule has 0 atom stereocenters. The van der Waals surface area contributed by atoms with E-state index in [1.54, 1.807) is 19.1 Å². The Morgan fingerprint density at radius 3 is 2.46 bits per heavy atom. The minimum Gasteiger partial charge on any atom is -0.508 e. The minimum absolute atomic E-state index is 0.0413. The third-order valence-electron chi connectivity index (χ3n) is 3.38. The number of hydrogen-bond donors (Lipinski definition) is 3. The van der Waals surface area contributed by atoms with Gasteiger partial charge < -0.3 is 15.7 Å². The van der Waals surface area contributed by atoms with Gasteiger partial charge in [-0.15, -0.1) is 0 Å². The van der Waals surface area contributed by atoms with Crippen LogP contribution >= 0.6 is 22.6 Å². The average Bonchev–Trinajstić information content (AvgIpc) is 2.52. The molecule has 2 aromatic carbocycles. The second-order valence-electron chi connectivity index (χ2n) is 5.23. The molecule has 0 radical (unpaired) electrons. The second kappa shape index (κ2) is 7.84.